The molecule has 2 saturated heterocycles. The van der Waals surface area contributed by atoms with Crippen molar-refractivity contribution in [3.8, 4) is 0 Å². The molecule has 0 bridgehead atoms. The molecule has 2 aliphatic rings. The summed E-state index contributed by atoms with van der Waals surface area (Å²) in [5.74, 6) is -0.391. The van der Waals surface area contributed by atoms with Crippen molar-refractivity contribution in [2.75, 3.05) is 44.2 Å². The highest BCUT2D eigenvalue weighted by atomic mass is 32.2. The number of amides is 1. The fourth-order valence-corrected chi connectivity index (χ4v) is 7.75. The van der Waals surface area contributed by atoms with Gasteiger partial charge in [0.05, 0.1) is 5.92 Å². The molecule has 1 aromatic heterocycles. The molecule has 3 heterocycles. The number of carbonyl (C=O) groups excluding carboxylic acids is 1. The highest BCUT2D eigenvalue weighted by Crippen LogP contribution is 2.39. The summed E-state index contributed by atoms with van der Waals surface area (Å²) in [6.45, 7) is 12.6. The largest absolute Gasteiger partial charge is 0.368 e. The van der Waals surface area contributed by atoms with Crippen molar-refractivity contribution in [1.82, 2.24) is 14.4 Å². The third kappa shape index (κ3) is 4.73. The third-order valence-corrected chi connectivity index (χ3v) is 10.1. The monoisotopic (exact) mass is 536 g/mol. The van der Waals surface area contributed by atoms with Crippen molar-refractivity contribution in [3.05, 3.63) is 76.2 Å². The van der Waals surface area contributed by atoms with Crippen molar-refractivity contribution >= 4 is 21.6 Å². The van der Waals surface area contributed by atoms with E-state index in [1.807, 2.05) is 36.1 Å². The minimum Gasteiger partial charge on any atom is -0.368 e. The number of rotatable bonds is 5. The van der Waals surface area contributed by atoms with E-state index in [1.165, 1.54) is 21.1 Å². The first-order valence-electron chi connectivity index (χ1n) is 13.2. The van der Waals surface area contributed by atoms with Gasteiger partial charge in [0.25, 0.3) is 0 Å². The number of piperazine rings is 1. The smallest absolute Gasteiger partial charge is 0.248 e. The molecule has 3 aromatic rings. The van der Waals surface area contributed by atoms with Crippen molar-refractivity contribution in [2.45, 2.75) is 45.4 Å². The Morgan fingerprint density at radius 3 is 2.29 bits per heavy atom. The van der Waals surface area contributed by atoms with Crippen LogP contribution in [0.25, 0.3) is 0 Å². The maximum absolute atomic E-state index is 14.0. The van der Waals surface area contributed by atoms with E-state index in [0.717, 1.165) is 24.2 Å². The number of aromatic nitrogens is 1. The number of hydrogen-bond acceptors (Lipinski definition) is 6. The Bertz CT molecular complexity index is 1440. The maximum atomic E-state index is 14.0. The summed E-state index contributed by atoms with van der Waals surface area (Å²) >= 11 is 0. The molecule has 5 rings (SSSR count). The summed E-state index contributed by atoms with van der Waals surface area (Å²) in [4.78, 5) is 18.4. The predicted molar refractivity (Wildman–Crippen MR) is 147 cm³/mol. The van der Waals surface area contributed by atoms with Gasteiger partial charge in [0, 0.05) is 50.9 Å². The number of benzene rings is 2. The Labute approximate surface area is 225 Å². The zero-order chi connectivity index (χ0) is 27.2. The molecule has 9 heteroatoms. The van der Waals surface area contributed by atoms with E-state index in [2.05, 4.69) is 42.1 Å². The van der Waals surface area contributed by atoms with Crippen LogP contribution in [0.1, 0.15) is 39.6 Å². The summed E-state index contributed by atoms with van der Waals surface area (Å²) in [5.41, 5.74) is 6.09. The molecule has 1 amide bonds. The van der Waals surface area contributed by atoms with Crippen molar-refractivity contribution < 1.29 is 17.7 Å². The average Bonchev–Trinajstić information content (AvgIpc) is 3.49. The molecule has 0 unspecified atom stereocenters. The number of sulfonamides is 1. The normalized spacial score (nSPS) is 20.8. The first-order chi connectivity index (χ1) is 18.1. The maximum Gasteiger partial charge on any atom is 0.248 e. The molecular weight excluding hydrogens is 500 g/mol. The van der Waals surface area contributed by atoms with Gasteiger partial charge in [0.2, 0.25) is 15.9 Å². The lowest BCUT2D eigenvalue weighted by Gasteiger charge is -2.38. The molecule has 0 aliphatic carbocycles. The van der Waals surface area contributed by atoms with Gasteiger partial charge in [-0.1, -0.05) is 41.6 Å². The Balaban J connectivity index is 1.40. The lowest BCUT2D eigenvalue weighted by atomic mass is 9.85. The van der Waals surface area contributed by atoms with Crippen molar-refractivity contribution in [2.24, 2.45) is 5.92 Å². The van der Waals surface area contributed by atoms with Crippen molar-refractivity contribution in [1.29, 1.82) is 0 Å². The van der Waals surface area contributed by atoms with Gasteiger partial charge in [-0.3, -0.25) is 4.79 Å². The molecule has 2 atom stereocenters. The van der Waals surface area contributed by atoms with E-state index in [4.69, 9.17) is 4.52 Å². The topological polar surface area (TPSA) is 87.0 Å². The van der Waals surface area contributed by atoms with Gasteiger partial charge in [-0.15, -0.1) is 0 Å². The lowest BCUT2D eigenvalue weighted by Crippen LogP contribution is -2.51. The van der Waals surface area contributed by atoms with Gasteiger partial charge >= 0.3 is 0 Å². The number of nitrogens with zero attached hydrogens (tertiary/aromatic N) is 4. The van der Waals surface area contributed by atoms with E-state index in [0.29, 0.717) is 18.8 Å². The van der Waals surface area contributed by atoms with Crippen LogP contribution in [0, 0.1) is 40.5 Å². The van der Waals surface area contributed by atoms with E-state index >= 15 is 0 Å². The van der Waals surface area contributed by atoms with Crippen LogP contribution in [0.5, 0.6) is 0 Å². The molecular formula is C29H36N4O4S. The summed E-state index contributed by atoms with van der Waals surface area (Å²) in [7, 11) is -3.86. The number of carbonyl (C=O) groups is 1. The van der Waals surface area contributed by atoms with E-state index in [1.54, 1.807) is 13.8 Å². The fourth-order valence-electron chi connectivity index (χ4n) is 5.97. The third-order valence-electron chi connectivity index (χ3n) is 8.05. The second-order valence-corrected chi connectivity index (χ2v) is 12.5. The molecule has 0 saturated carbocycles. The Hall–Kier alpha value is -3.17. The second kappa shape index (κ2) is 10.2. The standard InChI is InChI=1S/C29H36N4O4S/c1-19-10-11-21(3)27(16-19)31-12-14-32(15-13-31)29(34)26-18-33(17-25(26)24-9-7-6-8-20(24)2)38(35,36)28-22(4)30-37-23(28)5/h6-11,16,25-26H,12-15,17-18H2,1-5H3/t25-,26+/m0/s1. The molecule has 38 heavy (non-hydrogen) atoms. The molecule has 8 nitrogen and oxygen atoms in total. The molecule has 202 valence electrons. The molecule has 0 N–H and O–H groups in total. The SMILES string of the molecule is Cc1ccc(C)c(N2CCN(C(=O)[C@@H]3CN(S(=O)(=O)c4c(C)noc4C)C[C@H]3c3ccccc3C)CC2)c1. The van der Waals surface area contributed by atoms with Gasteiger partial charge in [0.1, 0.15) is 10.6 Å². The average molecular weight is 537 g/mol. The second-order valence-electron chi connectivity index (χ2n) is 10.6. The number of aryl methyl sites for hydroxylation is 5. The van der Waals surface area contributed by atoms with Crippen LogP contribution < -0.4 is 4.90 Å². The number of anilines is 1. The zero-order valence-corrected chi connectivity index (χ0v) is 23.6. The summed E-state index contributed by atoms with van der Waals surface area (Å²) in [5, 5.41) is 3.86. The van der Waals surface area contributed by atoms with Crippen molar-refractivity contribution in [3.63, 3.8) is 0 Å². The molecule has 0 radical (unpaired) electrons. The molecule has 2 aliphatic heterocycles. The summed E-state index contributed by atoms with van der Waals surface area (Å²) < 4.78 is 34.0. The molecule has 0 spiro atoms. The first kappa shape index (κ1) is 26.4. The Morgan fingerprint density at radius 2 is 1.63 bits per heavy atom. The van der Waals surface area contributed by atoms with Crippen LogP contribution in [0.4, 0.5) is 5.69 Å². The number of hydrogen-bond donors (Lipinski definition) is 0. The van der Waals surface area contributed by atoms with Crippen LogP contribution in [-0.4, -0.2) is 68.0 Å². The Kier molecular flexibility index (Phi) is 7.09. The minimum atomic E-state index is -3.86. The van der Waals surface area contributed by atoms with Crippen LogP contribution in [-0.2, 0) is 14.8 Å². The van der Waals surface area contributed by atoms with Crippen LogP contribution in [0.3, 0.4) is 0 Å². The Morgan fingerprint density at radius 1 is 0.921 bits per heavy atom. The molecule has 2 fully saturated rings. The lowest BCUT2D eigenvalue weighted by molar-refractivity contribution is -0.135. The molecule has 2 aromatic carbocycles. The van der Waals surface area contributed by atoms with E-state index < -0.39 is 15.9 Å². The van der Waals surface area contributed by atoms with Crippen LogP contribution >= 0.6 is 0 Å². The van der Waals surface area contributed by atoms with Gasteiger partial charge in [-0.2, -0.15) is 4.31 Å². The van der Waals surface area contributed by atoms with E-state index in [-0.39, 0.29) is 35.6 Å². The quantitative estimate of drug-likeness (QED) is 0.491. The fraction of sp³-hybridized carbons (Fsp3) is 0.448. The zero-order valence-electron chi connectivity index (χ0n) is 22.8. The van der Waals surface area contributed by atoms with E-state index in [9.17, 15) is 13.2 Å². The van der Waals surface area contributed by atoms with Crippen LogP contribution in [0.2, 0.25) is 0 Å². The highest BCUT2D eigenvalue weighted by molar-refractivity contribution is 7.89. The minimum absolute atomic E-state index is 0.0235. The van der Waals surface area contributed by atoms with Crippen LogP contribution in [0.15, 0.2) is 51.9 Å². The van der Waals surface area contributed by atoms with Gasteiger partial charge in [0.15, 0.2) is 5.76 Å². The summed E-state index contributed by atoms with van der Waals surface area (Å²) in [6, 6.07) is 14.4. The van der Waals surface area contributed by atoms with Gasteiger partial charge in [-0.25, -0.2) is 8.42 Å². The predicted octanol–water partition coefficient (Wildman–Crippen LogP) is 3.97. The van der Waals surface area contributed by atoms with Gasteiger partial charge in [-0.05, 0) is 62.9 Å². The van der Waals surface area contributed by atoms with Gasteiger partial charge < -0.3 is 14.3 Å². The highest BCUT2D eigenvalue weighted by Gasteiger charge is 2.46. The summed E-state index contributed by atoms with van der Waals surface area (Å²) in [6.07, 6.45) is 0. The first-order valence-corrected chi connectivity index (χ1v) is 14.6.